The van der Waals surface area contributed by atoms with E-state index in [9.17, 15) is 9.59 Å². The van der Waals surface area contributed by atoms with Crippen LogP contribution in [0.4, 0.5) is 11.4 Å². The highest BCUT2D eigenvalue weighted by atomic mass is 32.1. The van der Waals surface area contributed by atoms with Gasteiger partial charge in [0.1, 0.15) is 12.0 Å². The van der Waals surface area contributed by atoms with Crippen LogP contribution in [0.25, 0.3) is 0 Å². The largest absolute Gasteiger partial charge is 0.273 e. The van der Waals surface area contributed by atoms with Gasteiger partial charge in [0.15, 0.2) is 6.10 Å². The van der Waals surface area contributed by atoms with Crippen LogP contribution >= 0.6 is 11.3 Å². The Morgan fingerprint density at radius 1 is 0.931 bits per heavy atom. The minimum Gasteiger partial charge on any atom is -0.273 e. The minimum atomic E-state index is -0.824. The van der Waals surface area contributed by atoms with E-state index in [1.807, 2.05) is 73.8 Å². The molecule has 0 unspecified atom stereocenters. The molecule has 0 aliphatic carbocycles. The summed E-state index contributed by atoms with van der Waals surface area (Å²) < 4.78 is 0. The Bertz CT molecular complexity index is 1100. The number of nitrogens with zero attached hydrogens (tertiary/aromatic N) is 2. The lowest BCUT2D eigenvalue weighted by Crippen LogP contribution is -2.37. The fraction of sp³-hybridized carbons (Fsp3) is 0.217. The number of carbonyl (C=O) groups excluding carboxylic acids is 2. The van der Waals surface area contributed by atoms with Crippen LogP contribution in [0, 0.1) is 19.8 Å². The molecule has 146 valence electrons. The lowest BCUT2D eigenvalue weighted by molar-refractivity contribution is -0.126. The van der Waals surface area contributed by atoms with E-state index in [0.717, 1.165) is 21.7 Å². The average Bonchev–Trinajstić information content (AvgIpc) is 3.40. The summed E-state index contributed by atoms with van der Waals surface area (Å²) in [7, 11) is 0. The molecular formula is C23H20N2O3S. The number of aryl methyl sites for hydroxylation is 2. The normalized spacial score (nSPS) is 23.7. The summed E-state index contributed by atoms with van der Waals surface area (Å²) in [4.78, 5) is 35.2. The Hall–Kier alpha value is -2.96. The number of hydrogen-bond donors (Lipinski definition) is 0. The monoisotopic (exact) mass is 404 g/mol. The number of hydroxylamine groups is 1. The lowest BCUT2D eigenvalue weighted by atomic mass is 9.95. The first-order valence-electron chi connectivity index (χ1n) is 9.56. The van der Waals surface area contributed by atoms with Crippen molar-refractivity contribution in [1.29, 1.82) is 0 Å². The van der Waals surface area contributed by atoms with Crippen LogP contribution in [0.15, 0.2) is 66.0 Å². The molecule has 3 heterocycles. The summed E-state index contributed by atoms with van der Waals surface area (Å²) in [5, 5.41) is 3.75. The molecule has 0 radical (unpaired) electrons. The van der Waals surface area contributed by atoms with Gasteiger partial charge in [-0.2, -0.15) is 0 Å². The van der Waals surface area contributed by atoms with E-state index in [4.69, 9.17) is 4.84 Å². The molecule has 0 bridgehead atoms. The number of imide groups is 1. The third kappa shape index (κ3) is 2.79. The Balaban J connectivity index is 1.59. The van der Waals surface area contributed by atoms with Crippen LogP contribution in [0.2, 0.25) is 0 Å². The predicted octanol–water partition coefficient (Wildman–Crippen LogP) is 4.42. The van der Waals surface area contributed by atoms with Crippen LogP contribution in [0.3, 0.4) is 0 Å². The first kappa shape index (κ1) is 18.1. The van der Waals surface area contributed by atoms with Crippen molar-refractivity contribution in [2.24, 2.45) is 5.92 Å². The van der Waals surface area contributed by atoms with E-state index in [0.29, 0.717) is 5.69 Å². The second-order valence-corrected chi connectivity index (χ2v) is 8.45. The van der Waals surface area contributed by atoms with Crippen LogP contribution < -0.4 is 9.96 Å². The summed E-state index contributed by atoms with van der Waals surface area (Å²) in [5.74, 6) is -1.09. The second-order valence-electron chi connectivity index (χ2n) is 7.48. The summed E-state index contributed by atoms with van der Waals surface area (Å²) in [5.41, 5.74) is 3.51. The van der Waals surface area contributed by atoms with E-state index >= 15 is 0 Å². The number of fused-ring (bicyclic) bond motifs is 1. The molecule has 0 spiro atoms. The maximum absolute atomic E-state index is 13.5. The van der Waals surface area contributed by atoms with Gasteiger partial charge < -0.3 is 0 Å². The van der Waals surface area contributed by atoms with E-state index < -0.39 is 12.0 Å². The standard InChI is InChI=1S/C23H20N2O3S/c1-14-7-5-9-16(13-14)24-22(26)19-20(18-11-6-12-29-18)25(28-21(19)23(24)27)17-10-4-3-8-15(17)2/h3-13,19-21H,1-2H3/t19-,20+,21-/m1/s1. The van der Waals surface area contributed by atoms with Crippen LogP contribution in [0.1, 0.15) is 22.0 Å². The van der Waals surface area contributed by atoms with Gasteiger partial charge in [-0.25, -0.2) is 9.96 Å². The Morgan fingerprint density at radius 2 is 1.76 bits per heavy atom. The highest BCUT2D eigenvalue weighted by Gasteiger charge is 2.60. The van der Waals surface area contributed by atoms with E-state index in [2.05, 4.69) is 0 Å². The molecule has 2 amide bonds. The smallest absolute Gasteiger partial charge is 0.266 e. The third-order valence-electron chi connectivity index (χ3n) is 5.56. The van der Waals surface area contributed by atoms with E-state index in [-0.39, 0.29) is 17.9 Å². The third-order valence-corrected chi connectivity index (χ3v) is 6.51. The van der Waals surface area contributed by atoms with Crippen molar-refractivity contribution in [2.75, 3.05) is 9.96 Å². The summed E-state index contributed by atoms with van der Waals surface area (Å²) >= 11 is 1.57. The molecule has 6 heteroatoms. The molecule has 5 rings (SSSR count). The van der Waals surface area contributed by atoms with Crippen molar-refractivity contribution in [2.45, 2.75) is 26.0 Å². The van der Waals surface area contributed by atoms with Gasteiger partial charge in [0.2, 0.25) is 5.91 Å². The maximum Gasteiger partial charge on any atom is 0.266 e. The highest BCUT2D eigenvalue weighted by molar-refractivity contribution is 7.10. The summed E-state index contributed by atoms with van der Waals surface area (Å²) in [6, 6.07) is 18.9. The quantitative estimate of drug-likeness (QED) is 0.607. The molecular weight excluding hydrogens is 384 g/mol. The van der Waals surface area contributed by atoms with Crippen molar-refractivity contribution in [1.82, 2.24) is 0 Å². The van der Waals surface area contributed by atoms with Gasteiger partial charge in [0, 0.05) is 4.88 Å². The zero-order valence-corrected chi connectivity index (χ0v) is 16.9. The molecule has 2 aliphatic heterocycles. The van der Waals surface area contributed by atoms with Gasteiger partial charge in [-0.3, -0.25) is 14.4 Å². The first-order valence-corrected chi connectivity index (χ1v) is 10.4. The SMILES string of the molecule is Cc1cccc(N2C(=O)[C@H]3[C@@H](ON(c4ccccc4C)[C@H]3c3cccs3)C2=O)c1. The molecule has 29 heavy (non-hydrogen) atoms. The highest BCUT2D eigenvalue weighted by Crippen LogP contribution is 2.49. The summed E-state index contributed by atoms with van der Waals surface area (Å²) in [6.07, 6.45) is -0.824. The molecule has 0 N–H and O–H groups in total. The Morgan fingerprint density at radius 3 is 2.48 bits per heavy atom. The van der Waals surface area contributed by atoms with Crippen molar-refractivity contribution in [3.8, 4) is 0 Å². The zero-order valence-electron chi connectivity index (χ0n) is 16.1. The fourth-order valence-electron chi connectivity index (χ4n) is 4.20. The number of carbonyl (C=O) groups is 2. The lowest BCUT2D eigenvalue weighted by Gasteiger charge is -2.29. The number of amides is 2. The van der Waals surface area contributed by atoms with Crippen LogP contribution in [0.5, 0.6) is 0 Å². The Labute approximate surface area is 173 Å². The first-order chi connectivity index (χ1) is 14.1. The zero-order chi connectivity index (χ0) is 20.1. The number of benzene rings is 2. The van der Waals surface area contributed by atoms with Crippen molar-refractivity contribution in [3.05, 3.63) is 82.0 Å². The molecule has 2 aromatic carbocycles. The van der Waals surface area contributed by atoms with E-state index in [1.54, 1.807) is 22.5 Å². The van der Waals surface area contributed by atoms with Crippen LogP contribution in [-0.4, -0.2) is 17.9 Å². The predicted molar refractivity (Wildman–Crippen MR) is 113 cm³/mol. The van der Waals surface area contributed by atoms with Crippen LogP contribution in [-0.2, 0) is 14.4 Å². The van der Waals surface area contributed by atoms with Crippen molar-refractivity contribution < 1.29 is 14.4 Å². The van der Waals surface area contributed by atoms with E-state index in [1.165, 1.54) is 4.90 Å². The number of para-hydroxylation sites is 1. The Kier molecular flexibility index (Phi) is 4.26. The molecule has 1 aromatic heterocycles. The molecule has 5 nitrogen and oxygen atoms in total. The van der Waals surface area contributed by atoms with Gasteiger partial charge in [-0.1, -0.05) is 36.4 Å². The van der Waals surface area contributed by atoms with Crippen molar-refractivity contribution in [3.63, 3.8) is 0 Å². The van der Waals surface area contributed by atoms with Gasteiger partial charge >= 0.3 is 0 Å². The molecule has 2 saturated heterocycles. The molecule has 3 aromatic rings. The number of hydrogen-bond acceptors (Lipinski definition) is 5. The maximum atomic E-state index is 13.5. The topological polar surface area (TPSA) is 49.9 Å². The van der Waals surface area contributed by atoms with Crippen molar-refractivity contribution >= 4 is 34.5 Å². The number of thiophene rings is 1. The number of rotatable bonds is 3. The summed E-state index contributed by atoms with van der Waals surface area (Å²) in [6.45, 7) is 3.95. The second kappa shape index (κ2) is 6.83. The molecule has 2 fully saturated rings. The van der Waals surface area contributed by atoms with Gasteiger partial charge in [0.05, 0.1) is 11.4 Å². The molecule has 2 aliphatic rings. The van der Waals surface area contributed by atoms with Gasteiger partial charge in [-0.15, -0.1) is 11.3 Å². The molecule has 0 saturated carbocycles. The average molecular weight is 404 g/mol. The molecule has 3 atom stereocenters. The van der Waals surface area contributed by atoms with Gasteiger partial charge in [0.25, 0.3) is 5.91 Å². The fourth-order valence-corrected chi connectivity index (χ4v) is 5.06. The minimum absolute atomic E-state index is 0.208. The van der Waals surface area contributed by atoms with Gasteiger partial charge in [-0.05, 0) is 54.6 Å². The number of anilines is 2.